The second kappa shape index (κ2) is 7.28. The fraction of sp³-hybridized carbons (Fsp3) is 0.526. The maximum Gasteiger partial charge on any atom is 0.165 e. The summed E-state index contributed by atoms with van der Waals surface area (Å²) in [6.45, 7) is 3.46. The number of rotatable bonds is 6. The van der Waals surface area contributed by atoms with Crippen molar-refractivity contribution in [1.82, 2.24) is 24.8 Å². The second-order valence-corrected chi connectivity index (χ2v) is 7.45. The third-order valence-electron chi connectivity index (χ3n) is 5.53. The molecule has 0 aliphatic heterocycles. The maximum atomic E-state index is 6.26. The van der Waals surface area contributed by atoms with Crippen molar-refractivity contribution in [2.75, 3.05) is 26.1 Å². The minimum atomic E-state index is -0.0801. The predicted molar refractivity (Wildman–Crippen MR) is 102 cm³/mol. The van der Waals surface area contributed by atoms with E-state index < -0.39 is 0 Å². The third kappa shape index (κ3) is 3.54. The quantitative estimate of drug-likeness (QED) is 0.647. The zero-order valence-corrected chi connectivity index (χ0v) is 15.8. The zero-order chi connectivity index (χ0) is 18.9. The molecule has 0 bridgehead atoms. The van der Waals surface area contributed by atoms with Crippen molar-refractivity contribution in [1.29, 1.82) is 0 Å². The van der Waals surface area contributed by atoms with Gasteiger partial charge in [0.15, 0.2) is 5.65 Å². The van der Waals surface area contributed by atoms with Crippen molar-refractivity contribution in [3.63, 3.8) is 0 Å². The summed E-state index contributed by atoms with van der Waals surface area (Å²) in [7, 11) is 1.70. The molecular weight excluding hydrogens is 344 g/mol. The summed E-state index contributed by atoms with van der Waals surface area (Å²) in [4.78, 5) is 4.92. The van der Waals surface area contributed by atoms with Gasteiger partial charge in [0.1, 0.15) is 5.82 Å². The molecule has 144 valence electrons. The molecule has 0 aromatic carbocycles. The highest BCUT2D eigenvalue weighted by molar-refractivity contribution is 5.77. The van der Waals surface area contributed by atoms with Crippen LogP contribution in [0.15, 0.2) is 24.7 Å². The molecule has 27 heavy (non-hydrogen) atoms. The van der Waals surface area contributed by atoms with Gasteiger partial charge in [-0.2, -0.15) is 14.7 Å². The molecule has 0 amide bonds. The van der Waals surface area contributed by atoms with Crippen LogP contribution in [0.3, 0.4) is 0 Å². The van der Waals surface area contributed by atoms with Crippen molar-refractivity contribution < 1.29 is 9.47 Å². The number of nitrogen functional groups attached to an aromatic ring is 1. The molecule has 0 atom stereocenters. The number of anilines is 1. The van der Waals surface area contributed by atoms with E-state index in [0.29, 0.717) is 24.9 Å². The number of methoxy groups -OCH3 is 1. The fourth-order valence-electron chi connectivity index (χ4n) is 3.86. The Hall–Kier alpha value is -2.45. The highest BCUT2D eigenvalue weighted by atomic mass is 16.5. The summed E-state index contributed by atoms with van der Waals surface area (Å²) in [5, 5.41) is 11.2. The van der Waals surface area contributed by atoms with E-state index >= 15 is 0 Å². The molecule has 3 aromatic heterocycles. The predicted octanol–water partition coefficient (Wildman–Crippen LogP) is 2.78. The fourth-order valence-corrected chi connectivity index (χ4v) is 3.86. The first-order valence-corrected chi connectivity index (χ1v) is 9.36. The SMILES string of the molecule is COCCOC1(C)CCC(c2cc(N)n3ncc(-c4cn[nH]c4)c3n2)CC1. The summed E-state index contributed by atoms with van der Waals surface area (Å²) in [5.74, 6) is 0.984. The Bertz CT molecular complexity index is 896. The molecule has 1 aliphatic carbocycles. The van der Waals surface area contributed by atoms with E-state index in [1.54, 1.807) is 24.0 Å². The molecule has 1 saturated carbocycles. The average molecular weight is 370 g/mol. The van der Waals surface area contributed by atoms with Crippen LogP contribution in [0.2, 0.25) is 0 Å². The number of H-pyrrole nitrogens is 1. The normalized spacial score (nSPS) is 23.1. The lowest BCUT2D eigenvalue weighted by atomic mass is 9.78. The minimum absolute atomic E-state index is 0.0801. The molecular formula is C19H26N6O2. The van der Waals surface area contributed by atoms with Gasteiger partial charge in [0, 0.05) is 42.1 Å². The number of nitrogens with one attached hydrogen (secondary N) is 1. The van der Waals surface area contributed by atoms with Gasteiger partial charge in [0.2, 0.25) is 0 Å². The number of ether oxygens (including phenoxy) is 2. The Morgan fingerprint density at radius 3 is 2.81 bits per heavy atom. The van der Waals surface area contributed by atoms with E-state index in [4.69, 9.17) is 20.2 Å². The minimum Gasteiger partial charge on any atom is -0.384 e. The molecule has 0 spiro atoms. The average Bonchev–Trinajstić information content (AvgIpc) is 3.32. The monoisotopic (exact) mass is 370 g/mol. The van der Waals surface area contributed by atoms with Gasteiger partial charge < -0.3 is 15.2 Å². The highest BCUT2D eigenvalue weighted by Crippen LogP contribution is 2.40. The van der Waals surface area contributed by atoms with Crippen LogP contribution in [0, 0.1) is 0 Å². The standard InChI is InChI=1S/C19H26N6O2/c1-19(27-8-7-26-2)5-3-13(4-6-19)16-9-17(20)25-18(24-16)15(12-23-25)14-10-21-22-11-14/h9-13H,3-8,20H2,1-2H3,(H,21,22). The largest absolute Gasteiger partial charge is 0.384 e. The van der Waals surface area contributed by atoms with Gasteiger partial charge in [0.05, 0.1) is 31.2 Å². The number of aromatic nitrogens is 5. The van der Waals surface area contributed by atoms with Crippen LogP contribution in [-0.2, 0) is 9.47 Å². The Morgan fingerprint density at radius 1 is 1.30 bits per heavy atom. The first-order chi connectivity index (χ1) is 13.1. The maximum absolute atomic E-state index is 6.26. The lowest BCUT2D eigenvalue weighted by Crippen LogP contribution is -2.34. The number of aromatic amines is 1. The molecule has 4 rings (SSSR count). The van der Waals surface area contributed by atoms with Gasteiger partial charge in [-0.15, -0.1) is 0 Å². The molecule has 3 N–H and O–H groups in total. The van der Waals surface area contributed by atoms with Crippen LogP contribution in [0.25, 0.3) is 16.8 Å². The molecule has 3 aromatic rings. The van der Waals surface area contributed by atoms with Crippen molar-refractivity contribution in [3.8, 4) is 11.1 Å². The number of nitrogens with two attached hydrogens (primary N) is 1. The van der Waals surface area contributed by atoms with Crippen LogP contribution in [0.4, 0.5) is 5.82 Å². The molecule has 1 aliphatic rings. The Morgan fingerprint density at radius 2 is 2.11 bits per heavy atom. The third-order valence-corrected chi connectivity index (χ3v) is 5.53. The summed E-state index contributed by atoms with van der Waals surface area (Å²) >= 11 is 0. The Labute approximate surface area is 158 Å². The van der Waals surface area contributed by atoms with Gasteiger partial charge in [-0.25, -0.2) is 4.98 Å². The number of hydrogen-bond donors (Lipinski definition) is 2. The highest BCUT2D eigenvalue weighted by Gasteiger charge is 2.33. The molecule has 1 fully saturated rings. The van der Waals surface area contributed by atoms with Gasteiger partial charge in [0.25, 0.3) is 0 Å². The smallest absolute Gasteiger partial charge is 0.165 e. The van der Waals surface area contributed by atoms with Crippen LogP contribution < -0.4 is 5.73 Å². The molecule has 0 saturated heterocycles. The molecule has 0 unspecified atom stereocenters. The Kier molecular flexibility index (Phi) is 4.84. The number of nitrogens with zero attached hydrogens (tertiary/aromatic N) is 4. The number of hydrogen-bond acceptors (Lipinski definition) is 6. The summed E-state index contributed by atoms with van der Waals surface area (Å²) in [6, 6.07) is 1.96. The topological polar surface area (TPSA) is 103 Å². The van der Waals surface area contributed by atoms with Gasteiger partial charge in [-0.05, 0) is 32.6 Å². The van der Waals surface area contributed by atoms with Crippen molar-refractivity contribution in [2.45, 2.75) is 44.1 Å². The van der Waals surface area contributed by atoms with E-state index in [0.717, 1.165) is 48.2 Å². The number of fused-ring (bicyclic) bond motifs is 1. The van der Waals surface area contributed by atoms with Crippen molar-refractivity contribution in [3.05, 3.63) is 30.4 Å². The van der Waals surface area contributed by atoms with E-state index in [-0.39, 0.29) is 5.60 Å². The first kappa shape index (κ1) is 17.9. The van der Waals surface area contributed by atoms with E-state index in [1.165, 1.54) is 0 Å². The van der Waals surface area contributed by atoms with Crippen molar-refractivity contribution >= 4 is 11.5 Å². The van der Waals surface area contributed by atoms with Gasteiger partial charge >= 0.3 is 0 Å². The van der Waals surface area contributed by atoms with Crippen molar-refractivity contribution in [2.24, 2.45) is 0 Å². The van der Waals surface area contributed by atoms with Gasteiger partial charge in [-0.1, -0.05) is 0 Å². The van der Waals surface area contributed by atoms with E-state index in [9.17, 15) is 0 Å². The summed E-state index contributed by atoms with van der Waals surface area (Å²) < 4.78 is 12.8. The lowest BCUT2D eigenvalue weighted by Gasteiger charge is -2.37. The zero-order valence-electron chi connectivity index (χ0n) is 15.8. The van der Waals surface area contributed by atoms with Gasteiger partial charge in [-0.3, -0.25) is 5.10 Å². The summed E-state index contributed by atoms with van der Waals surface area (Å²) in [6.07, 6.45) is 9.46. The van der Waals surface area contributed by atoms with Crippen LogP contribution in [0.5, 0.6) is 0 Å². The van der Waals surface area contributed by atoms with E-state index in [1.807, 2.05) is 12.3 Å². The lowest BCUT2D eigenvalue weighted by molar-refractivity contribution is -0.0743. The Balaban J connectivity index is 1.55. The van der Waals surface area contributed by atoms with E-state index in [2.05, 4.69) is 22.2 Å². The molecule has 3 heterocycles. The second-order valence-electron chi connectivity index (χ2n) is 7.45. The summed E-state index contributed by atoms with van der Waals surface area (Å²) in [5.41, 5.74) is 9.88. The molecule has 0 radical (unpaired) electrons. The first-order valence-electron chi connectivity index (χ1n) is 9.36. The molecule has 8 nitrogen and oxygen atoms in total. The molecule has 8 heteroatoms. The van der Waals surface area contributed by atoms with Crippen LogP contribution in [-0.4, -0.2) is 50.7 Å². The van der Waals surface area contributed by atoms with Crippen LogP contribution in [0.1, 0.15) is 44.2 Å². The van der Waals surface area contributed by atoms with Crippen LogP contribution >= 0.6 is 0 Å².